The van der Waals surface area contributed by atoms with Gasteiger partial charge in [-0.15, -0.1) is 12.4 Å². The lowest BCUT2D eigenvalue weighted by atomic mass is 9.80. The molecule has 0 aliphatic rings. The van der Waals surface area contributed by atoms with Crippen molar-refractivity contribution < 1.29 is 4.74 Å². The van der Waals surface area contributed by atoms with Gasteiger partial charge in [-0.1, -0.05) is 72.3 Å². The predicted molar refractivity (Wildman–Crippen MR) is 105 cm³/mol. The first-order valence-electron chi connectivity index (χ1n) is 8.13. The minimum absolute atomic E-state index is 0. The van der Waals surface area contributed by atoms with E-state index in [1.54, 1.807) is 7.11 Å². The minimum atomic E-state index is -0.516. The first-order chi connectivity index (χ1) is 11.1. The van der Waals surface area contributed by atoms with Crippen LogP contribution in [0.3, 0.4) is 0 Å². The van der Waals surface area contributed by atoms with Gasteiger partial charge in [0.05, 0.1) is 0 Å². The topological polar surface area (TPSA) is 35.2 Å². The van der Waals surface area contributed by atoms with Crippen LogP contribution in [-0.4, -0.2) is 13.2 Å². The number of hydrogen-bond donors (Lipinski definition) is 1. The van der Waals surface area contributed by atoms with E-state index in [1.807, 2.05) is 36.4 Å². The summed E-state index contributed by atoms with van der Waals surface area (Å²) in [6.45, 7) is 4.20. The maximum Gasteiger partial charge on any atom is 0.119 e. The highest BCUT2D eigenvalue weighted by Gasteiger charge is 2.35. The second-order valence-corrected chi connectivity index (χ2v) is 6.24. The molecule has 1 atom stereocenters. The van der Waals surface area contributed by atoms with Gasteiger partial charge in [0.1, 0.15) is 5.60 Å². The van der Waals surface area contributed by atoms with E-state index in [-0.39, 0.29) is 18.4 Å². The molecule has 0 aromatic heterocycles. The van der Waals surface area contributed by atoms with E-state index in [9.17, 15) is 0 Å². The molecule has 0 heterocycles. The van der Waals surface area contributed by atoms with Crippen LogP contribution in [-0.2, 0) is 10.3 Å². The van der Waals surface area contributed by atoms with Gasteiger partial charge in [-0.3, -0.25) is 0 Å². The highest BCUT2D eigenvalue weighted by molar-refractivity contribution is 5.85. The van der Waals surface area contributed by atoms with Crippen molar-refractivity contribution >= 4 is 12.4 Å². The molecule has 0 aliphatic heterocycles. The zero-order chi connectivity index (χ0) is 16.7. The first kappa shape index (κ1) is 20.4. The van der Waals surface area contributed by atoms with Crippen LogP contribution in [0.4, 0.5) is 0 Å². The SMILES string of the molecule is COC(CC(N)CC=C(C)C)(c1ccccc1)c1ccccc1.Cl. The average Bonchev–Trinajstić information content (AvgIpc) is 2.59. The predicted octanol–water partition coefficient (Wildman–Crippen LogP) is 5.07. The number of ether oxygens (including phenoxy) is 1. The summed E-state index contributed by atoms with van der Waals surface area (Å²) < 4.78 is 6.09. The van der Waals surface area contributed by atoms with Crippen molar-refractivity contribution in [1.29, 1.82) is 0 Å². The molecule has 0 saturated heterocycles. The van der Waals surface area contributed by atoms with Gasteiger partial charge >= 0.3 is 0 Å². The van der Waals surface area contributed by atoms with Crippen LogP contribution < -0.4 is 5.73 Å². The van der Waals surface area contributed by atoms with E-state index in [0.717, 1.165) is 24.0 Å². The van der Waals surface area contributed by atoms with Gasteiger partial charge in [0.25, 0.3) is 0 Å². The number of halogens is 1. The molecule has 3 heteroatoms. The third-order valence-electron chi connectivity index (χ3n) is 4.21. The lowest BCUT2D eigenvalue weighted by molar-refractivity contribution is 0.00911. The van der Waals surface area contributed by atoms with Gasteiger partial charge in [-0.05, 0) is 31.4 Å². The second kappa shape index (κ2) is 9.63. The average molecular weight is 346 g/mol. The highest BCUT2D eigenvalue weighted by atomic mass is 35.5. The van der Waals surface area contributed by atoms with Crippen molar-refractivity contribution in [2.75, 3.05) is 7.11 Å². The molecule has 0 bridgehead atoms. The molecule has 0 fully saturated rings. The second-order valence-electron chi connectivity index (χ2n) is 6.24. The first-order valence-corrected chi connectivity index (χ1v) is 8.13. The van der Waals surface area contributed by atoms with E-state index >= 15 is 0 Å². The fourth-order valence-electron chi connectivity index (χ4n) is 2.98. The highest BCUT2D eigenvalue weighted by Crippen LogP contribution is 2.37. The number of allylic oxidation sites excluding steroid dienone is 1. The molecule has 24 heavy (non-hydrogen) atoms. The molecule has 0 spiro atoms. The molecular weight excluding hydrogens is 318 g/mol. The van der Waals surface area contributed by atoms with Crippen LogP contribution in [0.2, 0.25) is 0 Å². The molecule has 1 unspecified atom stereocenters. The van der Waals surface area contributed by atoms with Crippen molar-refractivity contribution in [2.24, 2.45) is 5.73 Å². The maximum atomic E-state index is 6.43. The summed E-state index contributed by atoms with van der Waals surface area (Å²) in [6, 6.07) is 20.7. The van der Waals surface area contributed by atoms with Crippen LogP contribution in [0.15, 0.2) is 72.3 Å². The van der Waals surface area contributed by atoms with Crippen molar-refractivity contribution in [3.05, 3.63) is 83.4 Å². The van der Waals surface area contributed by atoms with Gasteiger partial charge in [0.15, 0.2) is 0 Å². The quantitative estimate of drug-likeness (QED) is 0.711. The zero-order valence-corrected chi connectivity index (χ0v) is 15.6. The summed E-state index contributed by atoms with van der Waals surface area (Å²) in [6.07, 6.45) is 3.79. The third-order valence-corrected chi connectivity index (χ3v) is 4.21. The van der Waals surface area contributed by atoms with Crippen molar-refractivity contribution in [3.63, 3.8) is 0 Å². The Labute approximate surface area is 152 Å². The molecule has 2 nitrogen and oxygen atoms in total. The fourth-order valence-corrected chi connectivity index (χ4v) is 2.98. The Morgan fingerprint density at radius 1 is 1.00 bits per heavy atom. The maximum absolute atomic E-state index is 6.43. The third kappa shape index (κ3) is 4.94. The number of rotatable bonds is 7. The Hall–Kier alpha value is -1.61. The zero-order valence-electron chi connectivity index (χ0n) is 14.7. The number of methoxy groups -OCH3 is 1. The molecular formula is C21H28ClNO. The normalized spacial score (nSPS) is 12.2. The van der Waals surface area contributed by atoms with Crippen LogP contribution in [0.5, 0.6) is 0 Å². The summed E-state index contributed by atoms with van der Waals surface area (Å²) in [5.41, 5.74) is 9.49. The minimum Gasteiger partial charge on any atom is -0.369 e. The largest absolute Gasteiger partial charge is 0.369 e. The summed E-state index contributed by atoms with van der Waals surface area (Å²) in [5, 5.41) is 0. The lowest BCUT2D eigenvalue weighted by Crippen LogP contribution is -2.37. The van der Waals surface area contributed by atoms with E-state index in [2.05, 4.69) is 44.2 Å². The van der Waals surface area contributed by atoms with Gasteiger partial charge in [0.2, 0.25) is 0 Å². The van der Waals surface area contributed by atoms with Gasteiger partial charge in [-0.25, -0.2) is 0 Å². The van der Waals surface area contributed by atoms with E-state index < -0.39 is 5.60 Å². The van der Waals surface area contributed by atoms with Crippen LogP contribution in [0.1, 0.15) is 37.8 Å². The van der Waals surface area contributed by atoms with Crippen molar-refractivity contribution in [3.8, 4) is 0 Å². The smallest absolute Gasteiger partial charge is 0.119 e. The Morgan fingerprint density at radius 3 is 1.83 bits per heavy atom. The fraction of sp³-hybridized carbons (Fsp3) is 0.333. The number of hydrogen-bond acceptors (Lipinski definition) is 2. The monoisotopic (exact) mass is 345 g/mol. The summed E-state index contributed by atoms with van der Waals surface area (Å²) in [5.74, 6) is 0. The van der Waals surface area contributed by atoms with E-state index in [1.165, 1.54) is 5.57 Å². The van der Waals surface area contributed by atoms with Crippen molar-refractivity contribution in [2.45, 2.75) is 38.3 Å². The molecule has 130 valence electrons. The Bertz CT molecular complexity index is 581. The molecule has 2 N–H and O–H groups in total. The molecule has 0 aliphatic carbocycles. The summed E-state index contributed by atoms with van der Waals surface area (Å²) in [4.78, 5) is 0. The standard InChI is InChI=1S/C21H27NO.ClH/c1-17(2)14-15-20(22)16-21(23-3,18-10-6-4-7-11-18)19-12-8-5-9-13-19;/h4-14,20H,15-16,22H2,1-3H3;1H. The molecule has 0 radical (unpaired) electrons. The van der Waals surface area contributed by atoms with E-state index in [0.29, 0.717) is 0 Å². The van der Waals surface area contributed by atoms with Crippen LogP contribution in [0, 0.1) is 0 Å². The lowest BCUT2D eigenvalue weighted by Gasteiger charge is -2.35. The Balaban J connectivity index is 0.00000288. The Kier molecular flexibility index (Phi) is 8.20. The van der Waals surface area contributed by atoms with Gasteiger partial charge in [-0.2, -0.15) is 0 Å². The van der Waals surface area contributed by atoms with Gasteiger partial charge in [0, 0.05) is 19.6 Å². The Morgan fingerprint density at radius 2 is 1.46 bits per heavy atom. The molecule has 2 rings (SSSR count). The molecule has 2 aromatic rings. The van der Waals surface area contributed by atoms with E-state index in [4.69, 9.17) is 10.5 Å². The molecule has 0 amide bonds. The van der Waals surface area contributed by atoms with Crippen LogP contribution in [0.25, 0.3) is 0 Å². The summed E-state index contributed by atoms with van der Waals surface area (Å²) in [7, 11) is 1.77. The molecule has 2 aromatic carbocycles. The number of nitrogens with two attached hydrogens (primary N) is 1. The van der Waals surface area contributed by atoms with Crippen LogP contribution >= 0.6 is 12.4 Å². The van der Waals surface area contributed by atoms with Crippen molar-refractivity contribution in [1.82, 2.24) is 0 Å². The molecule has 0 saturated carbocycles. The van der Waals surface area contributed by atoms with Gasteiger partial charge < -0.3 is 10.5 Å². The summed E-state index contributed by atoms with van der Waals surface area (Å²) >= 11 is 0. The number of benzene rings is 2.